The lowest BCUT2D eigenvalue weighted by molar-refractivity contribution is 0.472. The van der Waals surface area contributed by atoms with Crippen LogP contribution in [0.1, 0.15) is 43.4 Å². The van der Waals surface area contributed by atoms with E-state index in [0.29, 0.717) is 5.92 Å². The van der Waals surface area contributed by atoms with Crippen LogP contribution < -0.4 is 10.5 Å². The molecular formula is C19H25NO. The summed E-state index contributed by atoms with van der Waals surface area (Å²) in [6.07, 6.45) is 0.891. The molecule has 0 amide bonds. The van der Waals surface area contributed by atoms with E-state index < -0.39 is 0 Å². The van der Waals surface area contributed by atoms with Gasteiger partial charge in [-0.25, -0.2) is 0 Å². The predicted octanol–water partition coefficient (Wildman–Crippen LogP) is 4.80. The lowest BCUT2D eigenvalue weighted by atomic mass is 10.0. The fraction of sp³-hybridized carbons (Fsp3) is 0.368. The first kappa shape index (κ1) is 15.6. The minimum absolute atomic E-state index is 0.182. The quantitative estimate of drug-likeness (QED) is 0.855. The highest BCUT2D eigenvalue weighted by molar-refractivity contribution is 5.42. The molecule has 112 valence electrons. The van der Waals surface area contributed by atoms with Crippen molar-refractivity contribution in [3.63, 3.8) is 0 Å². The fourth-order valence-corrected chi connectivity index (χ4v) is 2.40. The molecule has 21 heavy (non-hydrogen) atoms. The van der Waals surface area contributed by atoms with Crippen molar-refractivity contribution < 1.29 is 4.74 Å². The van der Waals surface area contributed by atoms with Crippen molar-refractivity contribution in [2.45, 2.75) is 46.1 Å². The number of rotatable bonds is 5. The lowest BCUT2D eigenvalue weighted by Gasteiger charge is -2.15. The molecule has 0 aliphatic rings. The number of hydrogen-bond donors (Lipinski definition) is 1. The Morgan fingerprint density at radius 3 is 2.24 bits per heavy atom. The summed E-state index contributed by atoms with van der Waals surface area (Å²) in [6.45, 7) is 8.47. The van der Waals surface area contributed by atoms with Crippen molar-refractivity contribution in [1.29, 1.82) is 0 Å². The van der Waals surface area contributed by atoms with Crippen LogP contribution in [0.25, 0.3) is 0 Å². The molecule has 1 atom stereocenters. The first-order valence-corrected chi connectivity index (χ1v) is 7.58. The van der Waals surface area contributed by atoms with Crippen molar-refractivity contribution in [2.24, 2.45) is 5.73 Å². The minimum atomic E-state index is 0.182. The smallest absolute Gasteiger partial charge is 0.131 e. The molecule has 0 aliphatic heterocycles. The molecule has 0 spiro atoms. The molecule has 0 radical (unpaired) electrons. The molecule has 0 saturated carbocycles. The second kappa shape index (κ2) is 6.77. The fourth-order valence-electron chi connectivity index (χ4n) is 2.40. The van der Waals surface area contributed by atoms with Crippen LogP contribution >= 0.6 is 0 Å². The third-order valence-electron chi connectivity index (χ3n) is 3.50. The Hall–Kier alpha value is -1.80. The topological polar surface area (TPSA) is 35.2 Å². The van der Waals surface area contributed by atoms with Crippen molar-refractivity contribution in [3.05, 3.63) is 59.2 Å². The van der Waals surface area contributed by atoms with Crippen LogP contribution in [0.3, 0.4) is 0 Å². The predicted molar refractivity (Wildman–Crippen MR) is 89.1 cm³/mol. The number of aryl methyl sites for hydroxylation is 1. The van der Waals surface area contributed by atoms with Gasteiger partial charge >= 0.3 is 0 Å². The number of nitrogens with two attached hydrogens (primary N) is 1. The van der Waals surface area contributed by atoms with E-state index in [-0.39, 0.29) is 6.04 Å². The molecule has 2 nitrogen and oxygen atoms in total. The van der Waals surface area contributed by atoms with Gasteiger partial charge < -0.3 is 10.5 Å². The van der Waals surface area contributed by atoms with Gasteiger partial charge in [-0.2, -0.15) is 0 Å². The van der Waals surface area contributed by atoms with Crippen molar-refractivity contribution >= 4 is 0 Å². The summed E-state index contributed by atoms with van der Waals surface area (Å²) in [5.74, 6) is 2.26. The summed E-state index contributed by atoms with van der Waals surface area (Å²) in [4.78, 5) is 0. The molecule has 1 unspecified atom stereocenters. The zero-order valence-electron chi connectivity index (χ0n) is 13.4. The SMILES string of the molecule is Cc1ccc(C(C)C)c(Oc2ccc(CC(C)N)cc2)c1. The van der Waals surface area contributed by atoms with Gasteiger partial charge in [0.25, 0.3) is 0 Å². The lowest BCUT2D eigenvalue weighted by Crippen LogP contribution is -2.17. The molecule has 0 heterocycles. The molecule has 2 rings (SSSR count). The van der Waals surface area contributed by atoms with E-state index >= 15 is 0 Å². The van der Waals surface area contributed by atoms with E-state index in [4.69, 9.17) is 10.5 Å². The zero-order chi connectivity index (χ0) is 15.4. The highest BCUT2D eigenvalue weighted by Gasteiger charge is 2.09. The largest absolute Gasteiger partial charge is 0.457 e. The number of hydrogen-bond acceptors (Lipinski definition) is 2. The monoisotopic (exact) mass is 283 g/mol. The number of ether oxygens (including phenoxy) is 1. The highest BCUT2D eigenvalue weighted by Crippen LogP contribution is 2.31. The summed E-state index contributed by atoms with van der Waals surface area (Å²) >= 11 is 0. The maximum Gasteiger partial charge on any atom is 0.131 e. The van der Waals surface area contributed by atoms with E-state index in [1.54, 1.807) is 0 Å². The molecule has 0 bridgehead atoms. The Morgan fingerprint density at radius 1 is 1.00 bits per heavy atom. The molecule has 0 aliphatic carbocycles. The van der Waals surface area contributed by atoms with E-state index in [1.165, 1.54) is 16.7 Å². The van der Waals surface area contributed by atoms with E-state index in [1.807, 2.05) is 19.1 Å². The first-order valence-electron chi connectivity index (χ1n) is 7.58. The van der Waals surface area contributed by atoms with Crippen LogP contribution in [0.4, 0.5) is 0 Å². The van der Waals surface area contributed by atoms with E-state index in [9.17, 15) is 0 Å². The van der Waals surface area contributed by atoms with Gasteiger partial charge in [0, 0.05) is 6.04 Å². The summed E-state index contributed by atoms with van der Waals surface area (Å²) < 4.78 is 6.08. The van der Waals surface area contributed by atoms with Gasteiger partial charge in [0.1, 0.15) is 11.5 Å². The average molecular weight is 283 g/mol. The summed E-state index contributed by atoms with van der Waals surface area (Å²) in [5.41, 5.74) is 9.51. The second-order valence-corrected chi connectivity index (χ2v) is 6.12. The normalized spacial score (nSPS) is 12.5. The van der Waals surface area contributed by atoms with Gasteiger partial charge in [0.15, 0.2) is 0 Å². The standard InChI is InChI=1S/C19H25NO/c1-13(2)18-10-5-14(3)11-19(18)21-17-8-6-16(7-9-17)12-15(4)20/h5-11,13,15H,12,20H2,1-4H3. The molecule has 2 aromatic rings. The summed E-state index contributed by atoms with van der Waals surface area (Å²) in [5, 5.41) is 0. The molecule has 0 saturated heterocycles. The maximum atomic E-state index is 6.08. The van der Waals surface area contributed by atoms with Crippen LogP contribution in [-0.2, 0) is 6.42 Å². The van der Waals surface area contributed by atoms with Crippen molar-refractivity contribution in [3.8, 4) is 11.5 Å². The Labute approximate surface area is 127 Å². The van der Waals surface area contributed by atoms with Crippen LogP contribution in [-0.4, -0.2) is 6.04 Å². The molecule has 2 aromatic carbocycles. The van der Waals surface area contributed by atoms with Gasteiger partial charge in [0.05, 0.1) is 0 Å². The summed E-state index contributed by atoms with van der Waals surface area (Å²) in [7, 11) is 0. The van der Waals surface area contributed by atoms with Gasteiger partial charge in [-0.3, -0.25) is 0 Å². The third kappa shape index (κ3) is 4.33. The average Bonchev–Trinajstić information content (AvgIpc) is 2.40. The minimum Gasteiger partial charge on any atom is -0.457 e. The van der Waals surface area contributed by atoms with Crippen LogP contribution in [0, 0.1) is 6.92 Å². The Kier molecular flexibility index (Phi) is 5.03. The van der Waals surface area contributed by atoms with Gasteiger partial charge in [-0.05, 0) is 61.1 Å². The maximum absolute atomic E-state index is 6.08. The Bertz CT molecular complexity index is 585. The van der Waals surface area contributed by atoms with E-state index in [0.717, 1.165) is 17.9 Å². The molecule has 0 aromatic heterocycles. The van der Waals surface area contributed by atoms with Crippen LogP contribution in [0.2, 0.25) is 0 Å². The Balaban J connectivity index is 2.20. The zero-order valence-corrected chi connectivity index (χ0v) is 13.4. The van der Waals surface area contributed by atoms with Gasteiger partial charge in [0.2, 0.25) is 0 Å². The first-order chi connectivity index (χ1) is 9.95. The van der Waals surface area contributed by atoms with Crippen molar-refractivity contribution in [1.82, 2.24) is 0 Å². The molecule has 2 heteroatoms. The van der Waals surface area contributed by atoms with Crippen molar-refractivity contribution in [2.75, 3.05) is 0 Å². The molecular weight excluding hydrogens is 258 g/mol. The van der Waals surface area contributed by atoms with Gasteiger partial charge in [-0.15, -0.1) is 0 Å². The molecule has 2 N–H and O–H groups in total. The number of benzene rings is 2. The van der Waals surface area contributed by atoms with Crippen LogP contribution in [0.5, 0.6) is 11.5 Å². The highest BCUT2D eigenvalue weighted by atomic mass is 16.5. The van der Waals surface area contributed by atoms with Gasteiger partial charge in [-0.1, -0.05) is 38.1 Å². The Morgan fingerprint density at radius 2 is 1.67 bits per heavy atom. The second-order valence-electron chi connectivity index (χ2n) is 6.12. The summed E-state index contributed by atoms with van der Waals surface area (Å²) in [6, 6.07) is 14.8. The van der Waals surface area contributed by atoms with Crippen LogP contribution in [0.15, 0.2) is 42.5 Å². The third-order valence-corrected chi connectivity index (χ3v) is 3.50. The van der Waals surface area contributed by atoms with E-state index in [2.05, 4.69) is 51.1 Å². The molecule has 0 fully saturated rings.